The zero-order chi connectivity index (χ0) is 18.5. The Morgan fingerprint density at radius 3 is 2.08 bits per heavy atom. The maximum Gasteiger partial charge on any atom is 0.251 e. The summed E-state index contributed by atoms with van der Waals surface area (Å²) < 4.78 is 2.14. The predicted molar refractivity (Wildman–Crippen MR) is 103 cm³/mol. The van der Waals surface area contributed by atoms with Crippen molar-refractivity contribution >= 4 is 17.5 Å². The maximum absolute atomic E-state index is 12.0. The SMILES string of the molecule is Cc1ccc(C)n1-c1ccc(NC(=O)CNC(=O)c2ccccc2)cc1. The van der Waals surface area contributed by atoms with Gasteiger partial charge in [-0.3, -0.25) is 9.59 Å². The molecule has 0 bridgehead atoms. The number of hydrogen-bond acceptors (Lipinski definition) is 2. The number of carbonyl (C=O) groups excluding carboxylic acids is 2. The molecule has 2 N–H and O–H groups in total. The van der Waals surface area contributed by atoms with Crippen molar-refractivity contribution in [2.45, 2.75) is 13.8 Å². The molecule has 2 amide bonds. The molecular weight excluding hydrogens is 326 g/mol. The van der Waals surface area contributed by atoms with Gasteiger partial charge in [-0.25, -0.2) is 0 Å². The normalized spacial score (nSPS) is 10.4. The second kappa shape index (κ2) is 7.70. The first kappa shape index (κ1) is 17.5. The van der Waals surface area contributed by atoms with Gasteiger partial charge in [0.2, 0.25) is 5.91 Å². The van der Waals surface area contributed by atoms with Gasteiger partial charge in [0.05, 0.1) is 6.54 Å². The molecule has 0 spiro atoms. The van der Waals surface area contributed by atoms with E-state index in [2.05, 4.69) is 41.2 Å². The fourth-order valence-corrected chi connectivity index (χ4v) is 2.83. The molecule has 2 aromatic carbocycles. The molecule has 1 heterocycles. The van der Waals surface area contributed by atoms with E-state index in [4.69, 9.17) is 0 Å². The Morgan fingerprint density at radius 1 is 0.846 bits per heavy atom. The number of hydrogen-bond donors (Lipinski definition) is 2. The van der Waals surface area contributed by atoms with E-state index >= 15 is 0 Å². The standard InChI is InChI=1S/C21H21N3O2/c1-15-8-9-16(2)24(15)19-12-10-18(11-13-19)23-20(25)14-22-21(26)17-6-4-3-5-7-17/h3-13H,14H2,1-2H3,(H,22,26)(H,23,25). The molecule has 0 aliphatic carbocycles. The average molecular weight is 347 g/mol. The van der Waals surface area contributed by atoms with Gasteiger partial charge in [0.25, 0.3) is 5.91 Å². The number of rotatable bonds is 5. The molecule has 0 atom stereocenters. The molecule has 5 nitrogen and oxygen atoms in total. The first-order valence-corrected chi connectivity index (χ1v) is 8.43. The molecule has 0 aliphatic rings. The van der Waals surface area contributed by atoms with E-state index in [1.54, 1.807) is 24.3 Å². The summed E-state index contributed by atoms with van der Waals surface area (Å²) in [6, 6.07) is 20.6. The Kier molecular flexibility index (Phi) is 5.17. The Bertz CT molecular complexity index is 893. The van der Waals surface area contributed by atoms with Gasteiger partial charge in [-0.15, -0.1) is 0 Å². The highest BCUT2D eigenvalue weighted by atomic mass is 16.2. The van der Waals surface area contributed by atoms with Crippen LogP contribution in [0.4, 0.5) is 5.69 Å². The molecular formula is C21H21N3O2. The molecule has 0 fully saturated rings. The van der Waals surface area contributed by atoms with Crippen LogP contribution in [0.2, 0.25) is 0 Å². The number of aromatic nitrogens is 1. The third kappa shape index (κ3) is 4.00. The third-order valence-corrected chi connectivity index (χ3v) is 4.13. The Morgan fingerprint density at radius 2 is 1.46 bits per heavy atom. The molecule has 3 rings (SSSR count). The van der Waals surface area contributed by atoms with E-state index in [1.165, 1.54) is 0 Å². The molecule has 1 aromatic heterocycles. The monoisotopic (exact) mass is 347 g/mol. The van der Waals surface area contributed by atoms with Crippen molar-refractivity contribution in [3.8, 4) is 5.69 Å². The number of benzene rings is 2. The largest absolute Gasteiger partial charge is 0.343 e. The van der Waals surface area contributed by atoms with Crippen molar-refractivity contribution in [1.82, 2.24) is 9.88 Å². The van der Waals surface area contributed by atoms with Crippen LogP contribution < -0.4 is 10.6 Å². The highest BCUT2D eigenvalue weighted by Gasteiger charge is 2.08. The van der Waals surface area contributed by atoms with Gasteiger partial charge in [-0.1, -0.05) is 18.2 Å². The number of nitrogens with zero attached hydrogens (tertiary/aromatic N) is 1. The molecule has 0 radical (unpaired) electrons. The van der Waals surface area contributed by atoms with Gasteiger partial charge >= 0.3 is 0 Å². The van der Waals surface area contributed by atoms with E-state index in [0.29, 0.717) is 11.3 Å². The molecule has 0 unspecified atom stereocenters. The van der Waals surface area contributed by atoms with Gasteiger partial charge in [-0.05, 0) is 62.4 Å². The molecule has 0 saturated carbocycles. The molecule has 0 saturated heterocycles. The van der Waals surface area contributed by atoms with Crippen LogP contribution in [-0.4, -0.2) is 22.9 Å². The second-order valence-corrected chi connectivity index (χ2v) is 6.10. The molecule has 3 aromatic rings. The van der Waals surface area contributed by atoms with Crippen molar-refractivity contribution in [1.29, 1.82) is 0 Å². The lowest BCUT2D eigenvalue weighted by Gasteiger charge is -2.11. The summed E-state index contributed by atoms with van der Waals surface area (Å²) >= 11 is 0. The van der Waals surface area contributed by atoms with Crippen LogP contribution in [0.25, 0.3) is 5.69 Å². The van der Waals surface area contributed by atoms with Crippen molar-refractivity contribution in [2.75, 3.05) is 11.9 Å². The molecule has 132 valence electrons. The number of aryl methyl sites for hydroxylation is 2. The van der Waals surface area contributed by atoms with Gasteiger partial charge in [0.15, 0.2) is 0 Å². The van der Waals surface area contributed by atoms with Crippen LogP contribution >= 0.6 is 0 Å². The van der Waals surface area contributed by atoms with E-state index in [-0.39, 0.29) is 18.4 Å². The first-order valence-electron chi connectivity index (χ1n) is 8.43. The zero-order valence-corrected chi connectivity index (χ0v) is 14.8. The van der Waals surface area contributed by atoms with Crippen LogP contribution in [0.15, 0.2) is 66.7 Å². The second-order valence-electron chi connectivity index (χ2n) is 6.10. The van der Waals surface area contributed by atoms with Crippen LogP contribution in [0, 0.1) is 13.8 Å². The average Bonchev–Trinajstić information content (AvgIpc) is 2.99. The highest BCUT2D eigenvalue weighted by molar-refractivity contribution is 5.99. The van der Waals surface area contributed by atoms with Crippen molar-refractivity contribution < 1.29 is 9.59 Å². The Hall–Kier alpha value is -3.34. The lowest BCUT2D eigenvalue weighted by molar-refractivity contribution is -0.115. The first-order chi connectivity index (χ1) is 12.5. The molecule has 26 heavy (non-hydrogen) atoms. The third-order valence-electron chi connectivity index (χ3n) is 4.13. The fourth-order valence-electron chi connectivity index (χ4n) is 2.83. The summed E-state index contributed by atoms with van der Waals surface area (Å²) in [7, 11) is 0. The number of amides is 2. The van der Waals surface area contributed by atoms with E-state index in [9.17, 15) is 9.59 Å². The van der Waals surface area contributed by atoms with E-state index in [0.717, 1.165) is 17.1 Å². The minimum atomic E-state index is -0.269. The maximum atomic E-state index is 12.0. The quantitative estimate of drug-likeness (QED) is 0.742. The van der Waals surface area contributed by atoms with Gasteiger partial charge in [0.1, 0.15) is 0 Å². The smallest absolute Gasteiger partial charge is 0.251 e. The van der Waals surface area contributed by atoms with Crippen LogP contribution in [-0.2, 0) is 4.79 Å². The Labute approximate surface area is 152 Å². The number of anilines is 1. The minimum Gasteiger partial charge on any atom is -0.343 e. The topological polar surface area (TPSA) is 63.1 Å². The summed E-state index contributed by atoms with van der Waals surface area (Å²) in [5.74, 6) is -0.537. The summed E-state index contributed by atoms with van der Waals surface area (Å²) in [4.78, 5) is 24.0. The lowest BCUT2D eigenvalue weighted by Crippen LogP contribution is -2.32. The van der Waals surface area contributed by atoms with E-state index in [1.807, 2.05) is 30.3 Å². The summed E-state index contributed by atoms with van der Waals surface area (Å²) in [6.45, 7) is 4.03. The summed E-state index contributed by atoms with van der Waals surface area (Å²) in [5.41, 5.74) is 4.57. The summed E-state index contributed by atoms with van der Waals surface area (Å²) in [6.07, 6.45) is 0. The number of nitrogens with one attached hydrogen (secondary N) is 2. The number of carbonyl (C=O) groups is 2. The van der Waals surface area contributed by atoms with Crippen LogP contribution in [0.1, 0.15) is 21.7 Å². The fraction of sp³-hybridized carbons (Fsp3) is 0.143. The molecule has 0 aliphatic heterocycles. The zero-order valence-electron chi connectivity index (χ0n) is 14.8. The predicted octanol–water partition coefficient (Wildman–Crippen LogP) is 3.46. The van der Waals surface area contributed by atoms with Crippen LogP contribution in [0.3, 0.4) is 0 Å². The van der Waals surface area contributed by atoms with Gasteiger partial charge < -0.3 is 15.2 Å². The van der Waals surface area contributed by atoms with Crippen molar-refractivity contribution in [3.63, 3.8) is 0 Å². The van der Waals surface area contributed by atoms with Crippen molar-refractivity contribution in [3.05, 3.63) is 83.7 Å². The lowest BCUT2D eigenvalue weighted by atomic mass is 10.2. The Balaban J connectivity index is 1.57. The highest BCUT2D eigenvalue weighted by Crippen LogP contribution is 2.18. The molecule has 5 heteroatoms. The van der Waals surface area contributed by atoms with E-state index < -0.39 is 0 Å². The van der Waals surface area contributed by atoms with Crippen LogP contribution in [0.5, 0.6) is 0 Å². The van der Waals surface area contributed by atoms with Gasteiger partial charge in [0, 0.05) is 28.3 Å². The van der Waals surface area contributed by atoms with Crippen molar-refractivity contribution in [2.24, 2.45) is 0 Å². The minimum absolute atomic E-state index is 0.0781. The summed E-state index contributed by atoms with van der Waals surface area (Å²) in [5, 5.41) is 5.40. The van der Waals surface area contributed by atoms with Gasteiger partial charge in [-0.2, -0.15) is 0 Å².